The standard InChI is InChI=1S/C8H6F3NO3/c1-15-8(14)3-2-4(6(9)10)12-7(11)5(3)13/h2,6,13H,1H3. The molecule has 0 radical (unpaired) electrons. The largest absolute Gasteiger partial charge is 0.503 e. The van der Waals surface area contributed by atoms with E-state index in [2.05, 4.69) is 9.72 Å². The molecule has 1 aromatic heterocycles. The Balaban J connectivity index is 3.31. The van der Waals surface area contributed by atoms with Crippen LogP contribution in [-0.4, -0.2) is 23.2 Å². The van der Waals surface area contributed by atoms with Crippen LogP contribution in [0.3, 0.4) is 0 Å². The van der Waals surface area contributed by atoms with Crippen molar-refractivity contribution in [2.24, 2.45) is 0 Å². The summed E-state index contributed by atoms with van der Waals surface area (Å²) in [4.78, 5) is 13.7. The topological polar surface area (TPSA) is 59.4 Å². The first kappa shape index (κ1) is 11.3. The molecule has 0 aliphatic carbocycles. The molecular weight excluding hydrogens is 215 g/mol. The summed E-state index contributed by atoms with van der Waals surface area (Å²) in [5, 5.41) is 9.02. The molecule has 82 valence electrons. The van der Waals surface area contributed by atoms with Gasteiger partial charge in [0.15, 0.2) is 5.75 Å². The lowest BCUT2D eigenvalue weighted by Crippen LogP contribution is -2.06. The van der Waals surface area contributed by atoms with Crippen LogP contribution in [0.25, 0.3) is 0 Å². The minimum absolute atomic E-state index is 0.578. The molecule has 0 atom stereocenters. The van der Waals surface area contributed by atoms with Crippen LogP contribution >= 0.6 is 0 Å². The first-order valence-electron chi connectivity index (χ1n) is 3.73. The Kier molecular flexibility index (Phi) is 3.13. The summed E-state index contributed by atoms with van der Waals surface area (Å²) in [6.45, 7) is 0. The van der Waals surface area contributed by atoms with Gasteiger partial charge in [0.25, 0.3) is 12.4 Å². The first-order chi connectivity index (χ1) is 6.97. The smallest absolute Gasteiger partial charge is 0.341 e. The molecule has 0 amide bonds. The van der Waals surface area contributed by atoms with Crippen LogP contribution in [0.5, 0.6) is 5.75 Å². The third-order valence-corrected chi connectivity index (χ3v) is 1.60. The molecular formula is C8H6F3NO3. The summed E-state index contributed by atoms with van der Waals surface area (Å²) in [6, 6.07) is 0.578. The fourth-order valence-electron chi connectivity index (χ4n) is 0.903. The van der Waals surface area contributed by atoms with Crippen LogP contribution in [0, 0.1) is 5.95 Å². The van der Waals surface area contributed by atoms with Gasteiger partial charge in [0.05, 0.1) is 7.11 Å². The van der Waals surface area contributed by atoms with Crippen LogP contribution in [-0.2, 0) is 4.74 Å². The van der Waals surface area contributed by atoms with E-state index in [1.54, 1.807) is 0 Å². The van der Waals surface area contributed by atoms with Gasteiger partial charge in [0, 0.05) is 0 Å². The van der Waals surface area contributed by atoms with Crippen LogP contribution in [0.1, 0.15) is 22.5 Å². The molecule has 1 rings (SSSR count). The van der Waals surface area contributed by atoms with E-state index in [4.69, 9.17) is 5.11 Å². The van der Waals surface area contributed by atoms with E-state index in [-0.39, 0.29) is 0 Å². The Morgan fingerprint density at radius 1 is 1.60 bits per heavy atom. The van der Waals surface area contributed by atoms with Crippen molar-refractivity contribution in [1.29, 1.82) is 0 Å². The number of halogens is 3. The monoisotopic (exact) mass is 221 g/mol. The third-order valence-electron chi connectivity index (χ3n) is 1.60. The number of alkyl halides is 2. The molecule has 15 heavy (non-hydrogen) atoms. The minimum Gasteiger partial charge on any atom is -0.503 e. The lowest BCUT2D eigenvalue weighted by Gasteiger charge is -2.05. The molecule has 0 saturated carbocycles. The van der Waals surface area contributed by atoms with E-state index in [9.17, 15) is 18.0 Å². The van der Waals surface area contributed by atoms with E-state index in [1.807, 2.05) is 0 Å². The number of hydrogen-bond donors (Lipinski definition) is 1. The van der Waals surface area contributed by atoms with Gasteiger partial charge in [0.1, 0.15) is 11.3 Å². The van der Waals surface area contributed by atoms with Gasteiger partial charge in [-0.05, 0) is 6.07 Å². The summed E-state index contributed by atoms with van der Waals surface area (Å²) in [6.07, 6.45) is -3.04. The highest BCUT2D eigenvalue weighted by Gasteiger charge is 2.21. The van der Waals surface area contributed by atoms with Crippen molar-refractivity contribution in [3.05, 3.63) is 23.3 Å². The zero-order chi connectivity index (χ0) is 11.6. The molecule has 0 bridgehead atoms. The van der Waals surface area contributed by atoms with Crippen molar-refractivity contribution in [3.63, 3.8) is 0 Å². The number of aromatic nitrogens is 1. The Labute approximate surface area is 82.3 Å². The Morgan fingerprint density at radius 3 is 2.67 bits per heavy atom. The molecule has 0 aliphatic heterocycles. The van der Waals surface area contributed by atoms with Crippen LogP contribution in [0.2, 0.25) is 0 Å². The van der Waals surface area contributed by atoms with Gasteiger partial charge < -0.3 is 9.84 Å². The number of carbonyl (C=O) groups excluding carboxylic acids is 1. The highest BCUT2D eigenvalue weighted by molar-refractivity contribution is 5.92. The van der Waals surface area contributed by atoms with Crippen LogP contribution in [0.4, 0.5) is 13.2 Å². The van der Waals surface area contributed by atoms with Crippen molar-refractivity contribution in [2.75, 3.05) is 7.11 Å². The first-order valence-corrected chi connectivity index (χ1v) is 3.73. The fraction of sp³-hybridized carbons (Fsp3) is 0.250. The fourth-order valence-corrected chi connectivity index (χ4v) is 0.903. The zero-order valence-electron chi connectivity index (χ0n) is 7.50. The van der Waals surface area contributed by atoms with Gasteiger partial charge in [-0.2, -0.15) is 4.39 Å². The number of rotatable bonds is 2. The molecule has 0 fully saturated rings. The van der Waals surface area contributed by atoms with Crippen molar-refractivity contribution >= 4 is 5.97 Å². The Hall–Kier alpha value is -1.79. The number of hydrogen-bond acceptors (Lipinski definition) is 4. The average molecular weight is 221 g/mol. The maximum atomic E-state index is 12.8. The van der Waals surface area contributed by atoms with Gasteiger partial charge >= 0.3 is 5.97 Å². The zero-order valence-corrected chi connectivity index (χ0v) is 7.50. The maximum absolute atomic E-state index is 12.8. The predicted molar refractivity (Wildman–Crippen MR) is 42.2 cm³/mol. The number of pyridine rings is 1. The minimum atomic E-state index is -3.04. The number of methoxy groups -OCH3 is 1. The van der Waals surface area contributed by atoms with Gasteiger partial charge in [-0.15, -0.1) is 0 Å². The van der Waals surface area contributed by atoms with Crippen molar-refractivity contribution < 1.29 is 27.8 Å². The maximum Gasteiger partial charge on any atom is 0.341 e. The Bertz CT molecular complexity index is 395. The SMILES string of the molecule is COC(=O)c1cc(C(F)F)nc(F)c1O. The van der Waals surface area contributed by atoms with Gasteiger partial charge in [0.2, 0.25) is 0 Å². The second-order valence-electron chi connectivity index (χ2n) is 2.53. The second kappa shape index (κ2) is 4.16. The van der Waals surface area contributed by atoms with Crippen LogP contribution in [0.15, 0.2) is 6.07 Å². The molecule has 0 unspecified atom stereocenters. The number of aromatic hydroxyl groups is 1. The van der Waals surface area contributed by atoms with Gasteiger partial charge in [-0.25, -0.2) is 18.6 Å². The number of ether oxygens (including phenoxy) is 1. The molecule has 0 aliphatic rings. The normalized spacial score (nSPS) is 10.5. The number of carbonyl (C=O) groups is 1. The van der Waals surface area contributed by atoms with Crippen LogP contribution < -0.4 is 0 Å². The van der Waals surface area contributed by atoms with E-state index < -0.39 is 35.3 Å². The molecule has 4 nitrogen and oxygen atoms in total. The van der Waals surface area contributed by atoms with E-state index in [1.165, 1.54) is 0 Å². The molecule has 1 N–H and O–H groups in total. The lowest BCUT2D eigenvalue weighted by molar-refractivity contribution is 0.0595. The average Bonchev–Trinajstić information content (AvgIpc) is 2.20. The summed E-state index contributed by atoms with van der Waals surface area (Å²) in [5.74, 6) is -3.75. The Morgan fingerprint density at radius 2 is 2.20 bits per heavy atom. The van der Waals surface area contributed by atoms with Gasteiger partial charge in [-0.1, -0.05) is 0 Å². The van der Waals surface area contributed by atoms with Gasteiger partial charge in [-0.3, -0.25) is 0 Å². The summed E-state index contributed by atoms with van der Waals surface area (Å²) >= 11 is 0. The van der Waals surface area contributed by atoms with Crippen molar-refractivity contribution in [2.45, 2.75) is 6.43 Å². The van der Waals surface area contributed by atoms with E-state index in [0.717, 1.165) is 7.11 Å². The second-order valence-corrected chi connectivity index (χ2v) is 2.53. The predicted octanol–water partition coefficient (Wildman–Crippen LogP) is 1.65. The number of nitrogens with zero attached hydrogens (tertiary/aromatic N) is 1. The molecule has 0 spiro atoms. The van der Waals surface area contributed by atoms with E-state index >= 15 is 0 Å². The molecule has 1 aromatic rings. The summed E-state index contributed by atoms with van der Waals surface area (Å²) in [5.41, 5.74) is -1.62. The highest BCUT2D eigenvalue weighted by Crippen LogP contribution is 2.26. The number of esters is 1. The third kappa shape index (κ3) is 2.17. The lowest BCUT2D eigenvalue weighted by atomic mass is 10.2. The molecule has 0 saturated heterocycles. The summed E-state index contributed by atoms with van der Waals surface area (Å²) < 4.78 is 41.3. The molecule has 1 heterocycles. The molecule has 0 aromatic carbocycles. The van der Waals surface area contributed by atoms with Crippen molar-refractivity contribution in [3.8, 4) is 5.75 Å². The van der Waals surface area contributed by atoms with E-state index in [0.29, 0.717) is 6.07 Å². The van der Waals surface area contributed by atoms with Crippen molar-refractivity contribution in [1.82, 2.24) is 4.98 Å². The quantitative estimate of drug-likeness (QED) is 0.609. The molecule has 7 heteroatoms. The summed E-state index contributed by atoms with van der Waals surface area (Å²) in [7, 11) is 0.974. The highest BCUT2D eigenvalue weighted by atomic mass is 19.3.